The molecule has 2 aromatic heterocycles. The molecule has 5 heteroatoms. The van der Waals surface area contributed by atoms with Crippen molar-refractivity contribution in [1.29, 1.82) is 0 Å². The molecule has 0 aliphatic carbocycles. The number of thiophene rings is 1. The zero-order valence-corrected chi connectivity index (χ0v) is 14.3. The van der Waals surface area contributed by atoms with Crippen LogP contribution in [0.4, 0.5) is 0 Å². The molecular formula is C20H16N2O2S. The maximum Gasteiger partial charge on any atom is 0.262 e. The molecule has 0 amide bonds. The van der Waals surface area contributed by atoms with E-state index in [-0.39, 0.29) is 5.56 Å². The van der Waals surface area contributed by atoms with Crippen molar-refractivity contribution >= 4 is 21.6 Å². The Morgan fingerprint density at radius 3 is 2.48 bits per heavy atom. The van der Waals surface area contributed by atoms with E-state index in [9.17, 15) is 4.79 Å². The zero-order chi connectivity index (χ0) is 17.1. The molecule has 0 saturated carbocycles. The molecule has 0 spiro atoms. The molecule has 0 aliphatic rings. The van der Waals surface area contributed by atoms with Gasteiger partial charge in [-0.2, -0.15) is 0 Å². The number of nitrogens with zero attached hydrogens (tertiary/aromatic N) is 2. The molecule has 4 rings (SSSR count). The van der Waals surface area contributed by atoms with Gasteiger partial charge in [-0.1, -0.05) is 48.5 Å². The lowest BCUT2D eigenvalue weighted by atomic mass is 10.1. The van der Waals surface area contributed by atoms with Crippen LogP contribution in [-0.4, -0.2) is 16.2 Å². The molecule has 0 N–H and O–H groups in total. The number of fused-ring (bicyclic) bond motifs is 1. The first kappa shape index (κ1) is 15.6. The molecule has 4 nitrogen and oxygen atoms in total. The minimum atomic E-state index is -0.0261. The summed E-state index contributed by atoms with van der Waals surface area (Å²) in [6.07, 6.45) is 1.60. The van der Waals surface area contributed by atoms with Gasteiger partial charge in [-0.3, -0.25) is 9.36 Å². The molecule has 0 fully saturated rings. The van der Waals surface area contributed by atoms with E-state index in [1.165, 1.54) is 11.3 Å². The van der Waals surface area contributed by atoms with Crippen LogP contribution in [0.2, 0.25) is 0 Å². The summed E-state index contributed by atoms with van der Waals surface area (Å²) in [7, 11) is 0. The molecule has 0 saturated heterocycles. The third-order valence-electron chi connectivity index (χ3n) is 3.99. The number of ether oxygens (including phenoxy) is 1. The Bertz CT molecular complexity index is 1040. The van der Waals surface area contributed by atoms with Gasteiger partial charge in [0.15, 0.2) is 0 Å². The van der Waals surface area contributed by atoms with Crippen molar-refractivity contribution in [3.05, 3.63) is 82.7 Å². The van der Waals surface area contributed by atoms with E-state index in [4.69, 9.17) is 4.74 Å². The SMILES string of the molecule is O=c1c2c(-c3ccccc3)csc2ncn1CCOc1ccccc1. The van der Waals surface area contributed by atoms with Crippen molar-refractivity contribution in [2.45, 2.75) is 6.54 Å². The van der Waals surface area contributed by atoms with Crippen LogP contribution in [0.3, 0.4) is 0 Å². The molecule has 0 aliphatic heterocycles. The first-order valence-electron chi connectivity index (χ1n) is 8.03. The van der Waals surface area contributed by atoms with Gasteiger partial charge in [0.25, 0.3) is 5.56 Å². The van der Waals surface area contributed by atoms with Gasteiger partial charge in [0.05, 0.1) is 18.3 Å². The van der Waals surface area contributed by atoms with E-state index >= 15 is 0 Å². The van der Waals surface area contributed by atoms with Crippen molar-refractivity contribution in [2.75, 3.05) is 6.61 Å². The quantitative estimate of drug-likeness (QED) is 0.543. The minimum absolute atomic E-state index is 0.0261. The van der Waals surface area contributed by atoms with Crippen molar-refractivity contribution in [3.8, 4) is 16.9 Å². The molecule has 2 aromatic carbocycles. The summed E-state index contributed by atoms with van der Waals surface area (Å²) in [4.78, 5) is 18.1. The molecular weight excluding hydrogens is 332 g/mol. The topological polar surface area (TPSA) is 44.1 Å². The molecule has 25 heavy (non-hydrogen) atoms. The van der Waals surface area contributed by atoms with Crippen LogP contribution in [0.5, 0.6) is 5.75 Å². The zero-order valence-electron chi connectivity index (χ0n) is 13.5. The normalized spacial score (nSPS) is 10.9. The Labute approximate surface area is 149 Å². The van der Waals surface area contributed by atoms with Crippen LogP contribution in [0.1, 0.15) is 0 Å². The Kier molecular flexibility index (Phi) is 4.31. The first-order valence-corrected chi connectivity index (χ1v) is 8.91. The van der Waals surface area contributed by atoms with E-state index in [0.29, 0.717) is 18.5 Å². The lowest BCUT2D eigenvalue weighted by Crippen LogP contribution is -2.23. The van der Waals surface area contributed by atoms with E-state index in [0.717, 1.165) is 21.7 Å². The highest BCUT2D eigenvalue weighted by atomic mass is 32.1. The molecule has 4 aromatic rings. The Morgan fingerprint density at radius 2 is 1.72 bits per heavy atom. The van der Waals surface area contributed by atoms with Crippen LogP contribution in [0.25, 0.3) is 21.3 Å². The van der Waals surface area contributed by atoms with E-state index in [1.807, 2.05) is 66.0 Å². The lowest BCUT2D eigenvalue weighted by molar-refractivity contribution is 0.296. The van der Waals surface area contributed by atoms with Crippen LogP contribution < -0.4 is 10.3 Å². The van der Waals surface area contributed by atoms with Gasteiger partial charge in [-0.15, -0.1) is 11.3 Å². The van der Waals surface area contributed by atoms with Gasteiger partial charge in [-0.25, -0.2) is 4.98 Å². The monoisotopic (exact) mass is 348 g/mol. The predicted molar refractivity (Wildman–Crippen MR) is 101 cm³/mol. The minimum Gasteiger partial charge on any atom is -0.492 e. The fourth-order valence-electron chi connectivity index (χ4n) is 2.74. The summed E-state index contributed by atoms with van der Waals surface area (Å²) >= 11 is 1.50. The number of benzene rings is 2. The second kappa shape index (κ2) is 6.91. The fourth-order valence-corrected chi connectivity index (χ4v) is 3.64. The summed E-state index contributed by atoms with van der Waals surface area (Å²) in [5.74, 6) is 0.796. The fraction of sp³-hybridized carbons (Fsp3) is 0.100. The summed E-state index contributed by atoms with van der Waals surface area (Å²) < 4.78 is 7.30. The van der Waals surface area contributed by atoms with Crippen molar-refractivity contribution in [1.82, 2.24) is 9.55 Å². The van der Waals surface area contributed by atoms with E-state index < -0.39 is 0 Å². The maximum atomic E-state index is 12.9. The summed E-state index contributed by atoms with van der Waals surface area (Å²) in [5.41, 5.74) is 1.95. The molecule has 0 radical (unpaired) electrons. The number of hydrogen-bond donors (Lipinski definition) is 0. The van der Waals surface area contributed by atoms with Crippen LogP contribution in [-0.2, 0) is 6.54 Å². The van der Waals surface area contributed by atoms with Gasteiger partial charge in [0.1, 0.15) is 17.2 Å². The van der Waals surface area contributed by atoms with Crippen LogP contribution >= 0.6 is 11.3 Å². The Balaban J connectivity index is 1.62. The van der Waals surface area contributed by atoms with Crippen molar-refractivity contribution in [3.63, 3.8) is 0 Å². The smallest absolute Gasteiger partial charge is 0.262 e. The van der Waals surface area contributed by atoms with E-state index in [1.54, 1.807) is 10.9 Å². The number of hydrogen-bond acceptors (Lipinski definition) is 4. The predicted octanol–water partition coefficient (Wildman–Crippen LogP) is 4.20. The van der Waals surface area contributed by atoms with Crippen molar-refractivity contribution in [2.24, 2.45) is 0 Å². The molecule has 0 bridgehead atoms. The number of aromatic nitrogens is 2. The van der Waals surface area contributed by atoms with Gasteiger partial charge in [-0.05, 0) is 17.7 Å². The third kappa shape index (κ3) is 3.19. The first-order chi connectivity index (χ1) is 12.3. The summed E-state index contributed by atoms with van der Waals surface area (Å²) in [6.45, 7) is 0.878. The second-order valence-corrected chi connectivity index (χ2v) is 6.46. The van der Waals surface area contributed by atoms with Gasteiger partial charge < -0.3 is 4.74 Å². The van der Waals surface area contributed by atoms with Crippen molar-refractivity contribution < 1.29 is 4.74 Å². The average molecular weight is 348 g/mol. The highest BCUT2D eigenvalue weighted by Crippen LogP contribution is 2.30. The lowest BCUT2D eigenvalue weighted by Gasteiger charge is -2.08. The second-order valence-electron chi connectivity index (χ2n) is 5.60. The Morgan fingerprint density at radius 1 is 1.00 bits per heavy atom. The third-order valence-corrected chi connectivity index (χ3v) is 4.88. The molecule has 0 unspecified atom stereocenters. The number of rotatable bonds is 5. The van der Waals surface area contributed by atoms with Gasteiger partial charge >= 0.3 is 0 Å². The van der Waals surface area contributed by atoms with Crippen LogP contribution in [0, 0.1) is 0 Å². The molecule has 0 atom stereocenters. The standard InChI is InChI=1S/C20H16N2O2S/c23-20-18-17(15-7-3-1-4-8-15)13-25-19(18)21-14-22(20)11-12-24-16-9-5-2-6-10-16/h1-10,13-14H,11-12H2. The largest absolute Gasteiger partial charge is 0.492 e. The van der Waals surface area contributed by atoms with Crippen LogP contribution in [0.15, 0.2) is 77.2 Å². The Hall–Kier alpha value is -2.92. The maximum absolute atomic E-state index is 12.9. The highest BCUT2D eigenvalue weighted by Gasteiger charge is 2.13. The molecule has 2 heterocycles. The van der Waals surface area contributed by atoms with Gasteiger partial charge in [0, 0.05) is 10.9 Å². The number of para-hydroxylation sites is 1. The highest BCUT2D eigenvalue weighted by molar-refractivity contribution is 7.17. The molecule has 124 valence electrons. The van der Waals surface area contributed by atoms with Gasteiger partial charge in [0.2, 0.25) is 0 Å². The average Bonchev–Trinajstić information content (AvgIpc) is 3.10. The summed E-state index contributed by atoms with van der Waals surface area (Å²) in [5, 5.41) is 2.68. The summed E-state index contributed by atoms with van der Waals surface area (Å²) in [6, 6.07) is 19.5. The van der Waals surface area contributed by atoms with E-state index in [2.05, 4.69) is 4.98 Å².